The topological polar surface area (TPSA) is 59.8 Å². The average Bonchev–Trinajstić information content (AvgIpc) is 3.11. The van der Waals surface area contributed by atoms with E-state index >= 15 is 0 Å². The van der Waals surface area contributed by atoms with Gasteiger partial charge in [-0.25, -0.2) is 0 Å². The Hall–Kier alpha value is -2.28. The minimum Gasteiger partial charge on any atom is -0.355 e. The number of hydrogen-bond donors (Lipinski definition) is 1. The summed E-state index contributed by atoms with van der Waals surface area (Å²) in [6.07, 6.45) is 2.53. The summed E-state index contributed by atoms with van der Waals surface area (Å²) in [6, 6.07) is 15.0. The summed E-state index contributed by atoms with van der Waals surface area (Å²) in [5.74, 6) is 0.925. The number of benzene rings is 2. The first-order valence-corrected chi connectivity index (χ1v) is 10.7. The second-order valence-electron chi connectivity index (χ2n) is 6.23. The first kappa shape index (κ1) is 21.4. The maximum absolute atomic E-state index is 12.2. The average molecular weight is 447 g/mol. The third kappa shape index (κ3) is 6.10. The molecule has 1 N–H and O–H groups in total. The van der Waals surface area contributed by atoms with E-state index in [0.717, 1.165) is 17.5 Å². The van der Waals surface area contributed by atoms with Crippen LogP contribution in [0.3, 0.4) is 0 Å². The Bertz CT molecular complexity index is 971. The number of rotatable bonds is 9. The van der Waals surface area contributed by atoms with E-state index in [2.05, 4.69) is 22.1 Å². The lowest BCUT2D eigenvalue weighted by atomic mass is 10.1. The highest BCUT2D eigenvalue weighted by atomic mass is 35.5. The van der Waals surface area contributed by atoms with Crippen molar-refractivity contribution < 1.29 is 4.79 Å². The van der Waals surface area contributed by atoms with Gasteiger partial charge >= 0.3 is 0 Å². The van der Waals surface area contributed by atoms with Gasteiger partial charge in [0, 0.05) is 28.7 Å². The predicted molar refractivity (Wildman–Crippen MR) is 120 cm³/mol. The number of hydrogen-bond acceptors (Lipinski definition) is 4. The summed E-state index contributed by atoms with van der Waals surface area (Å²) < 4.78 is 1.93. The number of carbonyl (C=O) groups excluding carboxylic acids is 1. The van der Waals surface area contributed by atoms with Crippen LogP contribution < -0.4 is 5.32 Å². The van der Waals surface area contributed by atoms with Gasteiger partial charge in [-0.3, -0.25) is 9.36 Å². The van der Waals surface area contributed by atoms with E-state index in [1.807, 2.05) is 53.1 Å². The molecule has 3 rings (SSSR count). The van der Waals surface area contributed by atoms with Crippen LogP contribution in [0.15, 0.2) is 66.3 Å². The van der Waals surface area contributed by atoms with Crippen LogP contribution >= 0.6 is 35.0 Å². The summed E-state index contributed by atoms with van der Waals surface area (Å²) in [4.78, 5) is 12.2. The molecule has 0 saturated heterocycles. The lowest BCUT2D eigenvalue weighted by molar-refractivity contribution is -0.118. The van der Waals surface area contributed by atoms with Crippen molar-refractivity contribution >= 4 is 40.9 Å². The molecule has 0 unspecified atom stereocenters. The number of aromatic nitrogens is 3. The van der Waals surface area contributed by atoms with Crippen LogP contribution in [-0.4, -0.2) is 33.0 Å². The largest absolute Gasteiger partial charge is 0.355 e. The van der Waals surface area contributed by atoms with Gasteiger partial charge in [0.25, 0.3) is 0 Å². The number of halogens is 2. The van der Waals surface area contributed by atoms with Crippen LogP contribution in [0.4, 0.5) is 0 Å². The number of nitrogens with zero attached hydrogens (tertiary/aromatic N) is 3. The molecule has 0 spiro atoms. The molecule has 3 aromatic rings. The second kappa shape index (κ2) is 10.5. The molecule has 1 heterocycles. The fourth-order valence-corrected chi connectivity index (χ4v) is 3.71. The van der Waals surface area contributed by atoms with Crippen LogP contribution in [0, 0.1) is 0 Å². The van der Waals surface area contributed by atoms with Gasteiger partial charge < -0.3 is 5.32 Å². The number of allylic oxidation sites excluding steroid dienone is 1. The molecule has 0 atom stereocenters. The molecule has 0 saturated carbocycles. The van der Waals surface area contributed by atoms with Crippen molar-refractivity contribution in [3.63, 3.8) is 0 Å². The predicted octanol–water partition coefficient (Wildman–Crippen LogP) is 4.89. The molecular formula is C21H20Cl2N4OS. The molecule has 5 nitrogen and oxygen atoms in total. The molecule has 0 fully saturated rings. The lowest BCUT2D eigenvalue weighted by Gasteiger charge is -2.08. The molecule has 0 aliphatic heterocycles. The summed E-state index contributed by atoms with van der Waals surface area (Å²) in [6.45, 7) is 4.91. The minimum atomic E-state index is -0.0508. The number of carbonyl (C=O) groups is 1. The van der Waals surface area contributed by atoms with E-state index in [4.69, 9.17) is 23.2 Å². The van der Waals surface area contributed by atoms with Crippen molar-refractivity contribution in [2.24, 2.45) is 0 Å². The second-order valence-corrected chi connectivity index (χ2v) is 8.04. The molecule has 0 aliphatic carbocycles. The number of amides is 1. The maximum Gasteiger partial charge on any atom is 0.230 e. The smallest absolute Gasteiger partial charge is 0.230 e. The standard InChI is InChI=1S/C21H20Cl2N4OS/c1-2-13-27-20(16-5-9-18(23)10-6-16)25-26-21(27)29-14-19(28)24-12-11-15-3-7-17(22)8-4-15/h2-10H,1,11-14H2,(H,24,28). The van der Waals surface area contributed by atoms with E-state index in [0.29, 0.717) is 34.1 Å². The zero-order chi connectivity index (χ0) is 20.6. The van der Waals surface area contributed by atoms with Crippen molar-refractivity contribution in [1.29, 1.82) is 0 Å². The van der Waals surface area contributed by atoms with E-state index < -0.39 is 0 Å². The van der Waals surface area contributed by atoms with Gasteiger partial charge in [0.2, 0.25) is 5.91 Å². The Kier molecular flexibility index (Phi) is 7.75. The fourth-order valence-electron chi connectivity index (χ4n) is 2.68. The van der Waals surface area contributed by atoms with Gasteiger partial charge in [-0.1, -0.05) is 53.2 Å². The molecule has 1 aromatic heterocycles. The van der Waals surface area contributed by atoms with Crippen molar-refractivity contribution in [1.82, 2.24) is 20.1 Å². The maximum atomic E-state index is 12.2. The number of thioether (sulfide) groups is 1. The van der Waals surface area contributed by atoms with Crippen molar-refractivity contribution in [3.8, 4) is 11.4 Å². The molecule has 0 aliphatic rings. The zero-order valence-corrected chi connectivity index (χ0v) is 18.0. The highest BCUT2D eigenvalue weighted by Crippen LogP contribution is 2.25. The SMILES string of the molecule is C=CCn1c(SCC(=O)NCCc2ccc(Cl)cc2)nnc1-c1ccc(Cl)cc1. The van der Waals surface area contributed by atoms with E-state index in [1.54, 1.807) is 6.08 Å². The van der Waals surface area contributed by atoms with Gasteiger partial charge in [0.05, 0.1) is 5.75 Å². The van der Waals surface area contributed by atoms with Crippen molar-refractivity contribution in [2.75, 3.05) is 12.3 Å². The Morgan fingerprint density at radius 1 is 1.07 bits per heavy atom. The monoisotopic (exact) mass is 446 g/mol. The third-order valence-electron chi connectivity index (χ3n) is 4.11. The van der Waals surface area contributed by atoms with Crippen molar-refractivity contribution in [2.45, 2.75) is 18.1 Å². The molecule has 2 aromatic carbocycles. The van der Waals surface area contributed by atoms with Crippen LogP contribution in [0.2, 0.25) is 10.0 Å². The highest BCUT2D eigenvalue weighted by molar-refractivity contribution is 7.99. The van der Waals surface area contributed by atoms with Gasteiger partial charge in [0.15, 0.2) is 11.0 Å². The minimum absolute atomic E-state index is 0.0508. The summed E-state index contributed by atoms with van der Waals surface area (Å²) in [5, 5.41) is 13.5. The van der Waals surface area contributed by atoms with Crippen LogP contribution in [0.5, 0.6) is 0 Å². The quantitative estimate of drug-likeness (QED) is 0.375. The summed E-state index contributed by atoms with van der Waals surface area (Å²) >= 11 is 13.2. The summed E-state index contributed by atoms with van der Waals surface area (Å²) in [7, 11) is 0. The van der Waals surface area contributed by atoms with Crippen LogP contribution in [0.25, 0.3) is 11.4 Å². The molecule has 8 heteroatoms. The molecule has 1 amide bonds. The first-order chi connectivity index (χ1) is 14.1. The van der Waals surface area contributed by atoms with Crippen molar-refractivity contribution in [3.05, 3.63) is 76.8 Å². The van der Waals surface area contributed by atoms with E-state index in [1.165, 1.54) is 11.8 Å². The van der Waals surface area contributed by atoms with Crippen LogP contribution in [0.1, 0.15) is 5.56 Å². The Morgan fingerprint density at radius 2 is 1.72 bits per heavy atom. The third-order valence-corrected chi connectivity index (χ3v) is 5.58. The Balaban J connectivity index is 1.56. The number of nitrogens with one attached hydrogen (secondary N) is 1. The first-order valence-electron chi connectivity index (χ1n) is 9.01. The molecule has 0 bridgehead atoms. The van der Waals surface area contributed by atoms with E-state index in [9.17, 15) is 4.79 Å². The van der Waals surface area contributed by atoms with Gasteiger partial charge in [-0.05, 0) is 48.4 Å². The molecular weight excluding hydrogens is 427 g/mol. The zero-order valence-electron chi connectivity index (χ0n) is 15.6. The molecule has 150 valence electrons. The van der Waals surface area contributed by atoms with Crippen LogP contribution in [-0.2, 0) is 17.8 Å². The van der Waals surface area contributed by atoms with Gasteiger partial charge in [-0.2, -0.15) is 0 Å². The molecule has 0 radical (unpaired) electrons. The fraction of sp³-hybridized carbons (Fsp3) is 0.190. The molecule has 29 heavy (non-hydrogen) atoms. The lowest BCUT2D eigenvalue weighted by Crippen LogP contribution is -2.27. The van der Waals surface area contributed by atoms with Gasteiger partial charge in [0.1, 0.15) is 0 Å². The summed E-state index contributed by atoms with van der Waals surface area (Å²) in [5.41, 5.74) is 2.03. The normalized spacial score (nSPS) is 10.7. The van der Waals surface area contributed by atoms with Gasteiger partial charge in [-0.15, -0.1) is 16.8 Å². The Labute approximate surface area is 184 Å². The highest BCUT2D eigenvalue weighted by Gasteiger charge is 2.15. The Morgan fingerprint density at radius 3 is 2.38 bits per heavy atom. The van der Waals surface area contributed by atoms with E-state index in [-0.39, 0.29) is 11.7 Å².